The maximum absolute atomic E-state index is 6.49. The molecule has 1 atom stereocenters. The number of hydrogen-bond acceptors (Lipinski definition) is 1. The lowest BCUT2D eigenvalue weighted by Gasteiger charge is -2.47. The van der Waals surface area contributed by atoms with E-state index in [9.17, 15) is 0 Å². The van der Waals surface area contributed by atoms with Crippen molar-refractivity contribution >= 4 is 0 Å². The van der Waals surface area contributed by atoms with Gasteiger partial charge in [0.1, 0.15) is 0 Å². The highest BCUT2D eigenvalue weighted by molar-refractivity contribution is 4.92. The molecule has 1 aliphatic rings. The molecule has 0 N–H and O–H groups in total. The SMILES string of the molecule is CCC1(OCC(C)(C(C)C)C(C)(C)C)CCCC1. The smallest absolute Gasteiger partial charge is 0.0680 e. The van der Waals surface area contributed by atoms with Crippen molar-refractivity contribution < 1.29 is 4.74 Å². The van der Waals surface area contributed by atoms with Crippen LogP contribution in [-0.4, -0.2) is 12.2 Å². The standard InChI is InChI=1S/C17H34O/c1-8-17(11-9-10-12-17)18-13-16(7,14(2)3)15(4,5)6/h14H,8-13H2,1-7H3. The van der Waals surface area contributed by atoms with Gasteiger partial charge in [0.05, 0.1) is 12.2 Å². The van der Waals surface area contributed by atoms with E-state index in [1.807, 2.05) is 0 Å². The molecule has 0 aromatic heterocycles. The third kappa shape index (κ3) is 3.10. The molecule has 1 rings (SSSR count). The van der Waals surface area contributed by atoms with E-state index >= 15 is 0 Å². The summed E-state index contributed by atoms with van der Waals surface area (Å²) in [6.45, 7) is 17.3. The predicted octanol–water partition coefficient (Wildman–Crippen LogP) is 5.43. The highest BCUT2D eigenvalue weighted by Gasteiger charge is 2.43. The molecule has 0 aromatic rings. The van der Waals surface area contributed by atoms with Crippen molar-refractivity contribution in [1.29, 1.82) is 0 Å². The fourth-order valence-electron chi connectivity index (χ4n) is 3.17. The van der Waals surface area contributed by atoms with Crippen LogP contribution in [-0.2, 0) is 4.74 Å². The Hall–Kier alpha value is -0.0400. The second-order valence-corrected chi connectivity index (χ2v) is 7.85. The van der Waals surface area contributed by atoms with Gasteiger partial charge in [-0.2, -0.15) is 0 Å². The van der Waals surface area contributed by atoms with Gasteiger partial charge in [0.15, 0.2) is 0 Å². The van der Waals surface area contributed by atoms with Crippen LogP contribution in [0.5, 0.6) is 0 Å². The molecule has 0 aromatic carbocycles. The molecular weight excluding hydrogens is 220 g/mol. The molecule has 0 bridgehead atoms. The summed E-state index contributed by atoms with van der Waals surface area (Å²) >= 11 is 0. The number of ether oxygens (including phenoxy) is 1. The summed E-state index contributed by atoms with van der Waals surface area (Å²) in [5.74, 6) is 0.646. The van der Waals surface area contributed by atoms with Crippen LogP contribution in [0.4, 0.5) is 0 Å². The van der Waals surface area contributed by atoms with Crippen LogP contribution in [0.2, 0.25) is 0 Å². The minimum atomic E-state index is 0.196. The van der Waals surface area contributed by atoms with Crippen LogP contribution in [0.3, 0.4) is 0 Å². The zero-order valence-corrected chi connectivity index (χ0v) is 13.7. The molecule has 18 heavy (non-hydrogen) atoms. The van der Waals surface area contributed by atoms with E-state index in [0.717, 1.165) is 6.61 Å². The van der Waals surface area contributed by atoms with E-state index in [0.29, 0.717) is 5.92 Å². The summed E-state index contributed by atoms with van der Waals surface area (Å²) in [7, 11) is 0. The van der Waals surface area contributed by atoms with E-state index < -0.39 is 0 Å². The first-order chi connectivity index (χ1) is 8.17. The second-order valence-electron chi connectivity index (χ2n) is 7.85. The second kappa shape index (κ2) is 5.53. The summed E-state index contributed by atoms with van der Waals surface area (Å²) in [6, 6.07) is 0. The van der Waals surface area contributed by atoms with Crippen LogP contribution >= 0.6 is 0 Å². The van der Waals surface area contributed by atoms with Gasteiger partial charge in [-0.1, -0.05) is 61.3 Å². The lowest BCUT2D eigenvalue weighted by Crippen LogP contribution is -2.44. The van der Waals surface area contributed by atoms with E-state index in [-0.39, 0.29) is 16.4 Å². The van der Waals surface area contributed by atoms with Crippen LogP contribution < -0.4 is 0 Å². The molecule has 0 aliphatic heterocycles. The van der Waals surface area contributed by atoms with Crippen molar-refractivity contribution in [1.82, 2.24) is 0 Å². The Morgan fingerprint density at radius 3 is 1.89 bits per heavy atom. The summed E-state index contributed by atoms with van der Waals surface area (Å²) in [5.41, 5.74) is 0.730. The monoisotopic (exact) mass is 254 g/mol. The lowest BCUT2D eigenvalue weighted by atomic mass is 9.62. The Morgan fingerprint density at radius 1 is 1.06 bits per heavy atom. The Bertz CT molecular complexity index is 255. The number of rotatable bonds is 5. The molecule has 0 spiro atoms. The van der Waals surface area contributed by atoms with E-state index in [1.54, 1.807) is 0 Å². The summed E-state index contributed by atoms with van der Waals surface area (Å²) < 4.78 is 6.49. The molecule has 0 saturated heterocycles. The molecule has 1 unspecified atom stereocenters. The highest BCUT2D eigenvalue weighted by atomic mass is 16.5. The van der Waals surface area contributed by atoms with Gasteiger partial charge in [0.2, 0.25) is 0 Å². The molecule has 1 heteroatoms. The molecule has 0 heterocycles. The summed E-state index contributed by atoms with van der Waals surface area (Å²) in [5, 5.41) is 0. The fraction of sp³-hybridized carbons (Fsp3) is 1.00. The van der Waals surface area contributed by atoms with Crippen molar-refractivity contribution in [3.63, 3.8) is 0 Å². The third-order valence-corrected chi connectivity index (χ3v) is 5.82. The molecule has 0 amide bonds. The van der Waals surface area contributed by atoms with Crippen molar-refractivity contribution in [2.45, 2.75) is 86.2 Å². The van der Waals surface area contributed by atoms with Crippen LogP contribution in [0, 0.1) is 16.7 Å². The van der Waals surface area contributed by atoms with E-state index in [1.165, 1.54) is 32.1 Å². The predicted molar refractivity (Wildman–Crippen MR) is 79.8 cm³/mol. The first-order valence-corrected chi connectivity index (χ1v) is 7.81. The van der Waals surface area contributed by atoms with Crippen LogP contribution in [0.25, 0.3) is 0 Å². The Balaban J connectivity index is 2.74. The minimum Gasteiger partial charge on any atom is -0.374 e. The van der Waals surface area contributed by atoms with E-state index in [4.69, 9.17) is 4.74 Å². The van der Waals surface area contributed by atoms with Crippen LogP contribution in [0.1, 0.15) is 80.6 Å². The average Bonchev–Trinajstić information content (AvgIpc) is 2.73. The summed E-state index contributed by atoms with van der Waals surface area (Å²) in [4.78, 5) is 0. The molecular formula is C17H34O. The third-order valence-electron chi connectivity index (χ3n) is 5.82. The fourth-order valence-corrected chi connectivity index (χ4v) is 3.17. The lowest BCUT2D eigenvalue weighted by molar-refractivity contribution is -0.120. The van der Waals surface area contributed by atoms with Gasteiger partial charge >= 0.3 is 0 Å². The van der Waals surface area contributed by atoms with Crippen molar-refractivity contribution in [2.24, 2.45) is 16.7 Å². The Kier molecular flexibility index (Phi) is 4.92. The van der Waals surface area contributed by atoms with Crippen LogP contribution in [0.15, 0.2) is 0 Å². The van der Waals surface area contributed by atoms with Gasteiger partial charge < -0.3 is 4.74 Å². The van der Waals surface area contributed by atoms with Crippen molar-refractivity contribution in [3.05, 3.63) is 0 Å². The quantitative estimate of drug-likeness (QED) is 0.635. The van der Waals surface area contributed by atoms with Gasteiger partial charge in [-0.3, -0.25) is 0 Å². The first-order valence-electron chi connectivity index (χ1n) is 7.81. The van der Waals surface area contributed by atoms with Crippen molar-refractivity contribution in [3.8, 4) is 0 Å². The normalized spacial score (nSPS) is 23.3. The Morgan fingerprint density at radius 2 is 1.56 bits per heavy atom. The molecule has 1 fully saturated rings. The maximum Gasteiger partial charge on any atom is 0.0680 e. The highest BCUT2D eigenvalue weighted by Crippen LogP contribution is 2.46. The topological polar surface area (TPSA) is 9.23 Å². The molecule has 1 aliphatic carbocycles. The first kappa shape index (κ1) is 16.0. The summed E-state index contributed by atoms with van der Waals surface area (Å²) in [6.07, 6.45) is 6.40. The van der Waals surface area contributed by atoms with Crippen molar-refractivity contribution in [2.75, 3.05) is 6.61 Å². The number of hydrogen-bond donors (Lipinski definition) is 0. The zero-order chi connectivity index (χ0) is 14.0. The average molecular weight is 254 g/mol. The molecule has 0 radical (unpaired) electrons. The van der Waals surface area contributed by atoms with Gasteiger partial charge in [-0.15, -0.1) is 0 Å². The molecule has 1 nitrogen and oxygen atoms in total. The van der Waals surface area contributed by atoms with E-state index in [2.05, 4.69) is 48.5 Å². The zero-order valence-electron chi connectivity index (χ0n) is 13.7. The van der Waals surface area contributed by atoms with Gasteiger partial charge in [-0.25, -0.2) is 0 Å². The maximum atomic E-state index is 6.49. The largest absolute Gasteiger partial charge is 0.374 e. The van der Waals surface area contributed by atoms with Gasteiger partial charge in [-0.05, 0) is 36.0 Å². The van der Waals surface area contributed by atoms with Gasteiger partial charge in [0.25, 0.3) is 0 Å². The molecule has 108 valence electrons. The minimum absolute atomic E-state index is 0.196. The molecule has 1 saturated carbocycles. The Labute approximate surface area is 115 Å². The van der Waals surface area contributed by atoms with Gasteiger partial charge in [0, 0.05) is 0 Å².